The van der Waals surface area contributed by atoms with Crippen LogP contribution in [0.4, 0.5) is 18.9 Å². The zero-order chi connectivity index (χ0) is 23.0. The minimum atomic E-state index is -4.63. The average Bonchev–Trinajstić information content (AvgIpc) is 3.04. The second-order valence-electron chi connectivity index (χ2n) is 7.31. The van der Waals surface area contributed by atoms with Crippen molar-refractivity contribution in [1.82, 2.24) is 4.98 Å². The minimum absolute atomic E-state index is 0.0936. The van der Waals surface area contributed by atoms with E-state index in [1.165, 1.54) is 36.7 Å². The van der Waals surface area contributed by atoms with Crippen LogP contribution in [-0.2, 0) is 15.8 Å². The van der Waals surface area contributed by atoms with E-state index in [0.717, 1.165) is 17.0 Å². The number of Topliss-reactive ketones (excluding diaryl/α,β-unsaturated/α-hetero) is 1. The molecule has 0 aliphatic carbocycles. The maximum absolute atomic E-state index is 13.3. The van der Waals surface area contributed by atoms with E-state index < -0.39 is 35.2 Å². The fraction of sp³-hybridized carbons (Fsp3) is 0.125. The molecule has 2 aromatic carbocycles. The highest BCUT2D eigenvalue weighted by Gasteiger charge is 2.47. The first-order chi connectivity index (χ1) is 15.2. The lowest BCUT2D eigenvalue weighted by atomic mass is 9.92. The highest BCUT2D eigenvalue weighted by Crippen LogP contribution is 2.44. The number of aliphatic hydroxyl groups is 1. The zero-order valence-electron chi connectivity index (χ0n) is 16.8. The lowest BCUT2D eigenvalue weighted by molar-refractivity contribution is -0.137. The van der Waals surface area contributed by atoms with Crippen LogP contribution in [0.3, 0.4) is 0 Å². The van der Waals surface area contributed by atoms with Crippen LogP contribution in [-0.4, -0.2) is 21.8 Å². The molecule has 0 spiro atoms. The Labute approximate surface area is 181 Å². The molecule has 3 aromatic rings. The maximum Gasteiger partial charge on any atom is 0.416 e. The first-order valence-electron chi connectivity index (χ1n) is 9.64. The monoisotopic (exact) mass is 438 g/mol. The van der Waals surface area contributed by atoms with Crippen LogP contribution in [0.5, 0.6) is 0 Å². The van der Waals surface area contributed by atoms with Gasteiger partial charge in [-0.25, -0.2) is 0 Å². The van der Waals surface area contributed by atoms with E-state index in [9.17, 15) is 27.9 Å². The number of alkyl halides is 3. The molecule has 8 heteroatoms. The molecule has 1 N–H and O–H groups in total. The van der Waals surface area contributed by atoms with Crippen molar-refractivity contribution in [3.63, 3.8) is 0 Å². The Hall–Kier alpha value is -3.94. The molecule has 1 fully saturated rings. The van der Waals surface area contributed by atoms with E-state index in [1.54, 1.807) is 31.2 Å². The number of anilines is 1. The Bertz CT molecular complexity index is 1240. The van der Waals surface area contributed by atoms with Gasteiger partial charge in [-0.05, 0) is 48.4 Å². The highest BCUT2D eigenvalue weighted by molar-refractivity contribution is 6.51. The summed E-state index contributed by atoms with van der Waals surface area (Å²) < 4.78 is 39.9. The van der Waals surface area contributed by atoms with Crippen molar-refractivity contribution >= 4 is 23.1 Å². The number of rotatable bonds is 3. The first kappa shape index (κ1) is 21.3. The lowest BCUT2D eigenvalue weighted by Gasteiger charge is -2.27. The summed E-state index contributed by atoms with van der Waals surface area (Å²) in [5.74, 6) is -2.42. The quantitative estimate of drug-likeness (QED) is 0.354. The third-order valence-electron chi connectivity index (χ3n) is 5.33. The zero-order valence-corrected chi connectivity index (χ0v) is 16.8. The van der Waals surface area contributed by atoms with E-state index in [4.69, 9.17) is 0 Å². The van der Waals surface area contributed by atoms with Crippen LogP contribution >= 0.6 is 0 Å². The molecule has 1 atom stereocenters. The summed E-state index contributed by atoms with van der Waals surface area (Å²) in [5, 5.41) is 11.0. The molecule has 1 amide bonds. The largest absolute Gasteiger partial charge is 0.507 e. The SMILES string of the molecule is Cc1ccccc1C1/C(=C(\O)c2ccncc2)C(=O)C(=O)N1c1cccc(C(F)(F)F)c1. The van der Waals surface area contributed by atoms with E-state index >= 15 is 0 Å². The van der Waals surface area contributed by atoms with Gasteiger partial charge in [-0.2, -0.15) is 13.2 Å². The molecular weight excluding hydrogens is 421 g/mol. The fourth-order valence-corrected chi connectivity index (χ4v) is 3.78. The van der Waals surface area contributed by atoms with Gasteiger partial charge in [0.1, 0.15) is 5.76 Å². The molecule has 1 saturated heterocycles. The molecule has 0 bridgehead atoms. The topological polar surface area (TPSA) is 70.5 Å². The molecular formula is C24H17F3N2O3. The summed E-state index contributed by atoms with van der Waals surface area (Å²) in [4.78, 5) is 31.0. The van der Waals surface area contributed by atoms with Gasteiger partial charge in [-0.15, -0.1) is 0 Å². The van der Waals surface area contributed by atoms with Gasteiger partial charge in [0, 0.05) is 23.6 Å². The van der Waals surface area contributed by atoms with Crippen LogP contribution in [0.25, 0.3) is 5.76 Å². The van der Waals surface area contributed by atoms with E-state index in [1.807, 2.05) is 0 Å². The standard InChI is InChI=1S/C24H17F3N2O3/c1-14-5-2-3-8-18(14)20-19(21(30)15-9-11-28-12-10-15)22(31)23(32)29(20)17-7-4-6-16(13-17)24(25,26)27/h2-13,20,30H,1H3/b21-19+. The number of benzene rings is 2. The smallest absolute Gasteiger partial charge is 0.416 e. The molecule has 5 nitrogen and oxygen atoms in total. The number of aryl methyl sites for hydroxylation is 1. The van der Waals surface area contributed by atoms with Gasteiger partial charge in [-0.3, -0.25) is 19.5 Å². The van der Waals surface area contributed by atoms with Crippen molar-refractivity contribution in [3.05, 3.63) is 101 Å². The van der Waals surface area contributed by atoms with Crippen molar-refractivity contribution in [2.75, 3.05) is 4.90 Å². The summed E-state index contributed by atoms with van der Waals surface area (Å²) in [5.41, 5.74) is 0.240. The van der Waals surface area contributed by atoms with Gasteiger partial charge in [-0.1, -0.05) is 30.3 Å². The van der Waals surface area contributed by atoms with Crippen LogP contribution in [0.2, 0.25) is 0 Å². The molecule has 162 valence electrons. The Balaban J connectivity index is 1.97. The molecule has 32 heavy (non-hydrogen) atoms. The number of hydrogen-bond acceptors (Lipinski definition) is 4. The van der Waals surface area contributed by atoms with Gasteiger partial charge >= 0.3 is 6.18 Å². The molecule has 0 saturated carbocycles. The highest BCUT2D eigenvalue weighted by atomic mass is 19.4. The normalized spacial score (nSPS) is 18.2. The summed E-state index contributed by atoms with van der Waals surface area (Å²) in [6.45, 7) is 1.76. The van der Waals surface area contributed by atoms with Gasteiger partial charge in [0.05, 0.1) is 17.2 Å². The van der Waals surface area contributed by atoms with Gasteiger partial charge in [0.15, 0.2) is 0 Å². The van der Waals surface area contributed by atoms with Gasteiger partial charge in [0.2, 0.25) is 0 Å². The maximum atomic E-state index is 13.3. The molecule has 0 radical (unpaired) electrons. The molecule has 1 aliphatic rings. The van der Waals surface area contributed by atoms with Crippen molar-refractivity contribution in [2.24, 2.45) is 0 Å². The number of halogens is 3. The van der Waals surface area contributed by atoms with Crippen molar-refractivity contribution < 1.29 is 27.9 Å². The number of nitrogens with zero attached hydrogens (tertiary/aromatic N) is 2. The Kier molecular flexibility index (Phi) is 5.30. The second-order valence-corrected chi connectivity index (χ2v) is 7.31. The summed E-state index contributed by atoms with van der Waals surface area (Å²) in [6.07, 6.45) is -1.79. The summed E-state index contributed by atoms with van der Waals surface area (Å²) in [6, 6.07) is 13.0. The molecule has 2 heterocycles. The number of pyridine rings is 1. The Morgan fingerprint density at radius 1 is 1.00 bits per heavy atom. The number of ketones is 1. The third-order valence-corrected chi connectivity index (χ3v) is 5.33. The second kappa shape index (κ2) is 7.96. The summed E-state index contributed by atoms with van der Waals surface area (Å²) >= 11 is 0. The summed E-state index contributed by atoms with van der Waals surface area (Å²) in [7, 11) is 0. The van der Waals surface area contributed by atoms with Crippen LogP contribution in [0.1, 0.15) is 28.3 Å². The Morgan fingerprint density at radius 3 is 2.34 bits per heavy atom. The van der Waals surface area contributed by atoms with Gasteiger partial charge < -0.3 is 5.11 Å². The molecule has 4 rings (SSSR count). The number of carbonyl (C=O) groups is 2. The third kappa shape index (κ3) is 3.64. The van der Waals surface area contributed by atoms with E-state index in [2.05, 4.69) is 4.98 Å². The van der Waals surface area contributed by atoms with Gasteiger partial charge in [0.25, 0.3) is 11.7 Å². The van der Waals surface area contributed by atoms with E-state index in [-0.39, 0.29) is 16.8 Å². The number of hydrogen-bond donors (Lipinski definition) is 1. The lowest BCUT2D eigenvalue weighted by Crippen LogP contribution is -2.30. The van der Waals surface area contributed by atoms with E-state index in [0.29, 0.717) is 11.1 Å². The van der Waals surface area contributed by atoms with Crippen LogP contribution in [0, 0.1) is 6.92 Å². The predicted molar refractivity (Wildman–Crippen MR) is 112 cm³/mol. The fourth-order valence-electron chi connectivity index (χ4n) is 3.78. The predicted octanol–water partition coefficient (Wildman–Crippen LogP) is 5.04. The molecule has 1 aromatic heterocycles. The van der Waals surface area contributed by atoms with Crippen LogP contribution < -0.4 is 4.90 Å². The number of aromatic nitrogens is 1. The van der Waals surface area contributed by atoms with Crippen molar-refractivity contribution in [3.8, 4) is 0 Å². The first-order valence-corrected chi connectivity index (χ1v) is 9.64. The average molecular weight is 438 g/mol. The molecule has 1 aliphatic heterocycles. The van der Waals surface area contributed by atoms with Crippen molar-refractivity contribution in [1.29, 1.82) is 0 Å². The van der Waals surface area contributed by atoms with Crippen LogP contribution in [0.15, 0.2) is 78.6 Å². The minimum Gasteiger partial charge on any atom is -0.507 e. The number of carbonyl (C=O) groups excluding carboxylic acids is 2. The number of aliphatic hydroxyl groups excluding tert-OH is 1. The molecule has 1 unspecified atom stereocenters. The Morgan fingerprint density at radius 2 is 1.69 bits per heavy atom. The van der Waals surface area contributed by atoms with Crippen molar-refractivity contribution in [2.45, 2.75) is 19.1 Å². The number of amides is 1.